The van der Waals surface area contributed by atoms with Crippen LogP contribution in [0.2, 0.25) is 0 Å². The number of nitrogens with zero attached hydrogens (tertiary/aromatic N) is 2. The smallest absolute Gasteiger partial charge is 0.251 e. The maximum absolute atomic E-state index is 12.3. The maximum atomic E-state index is 12.3. The summed E-state index contributed by atoms with van der Waals surface area (Å²) in [6.45, 7) is 3.22. The third-order valence-electron chi connectivity index (χ3n) is 4.91. The second-order valence-corrected chi connectivity index (χ2v) is 7.08. The molecule has 2 amide bonds. The monoisotopic (exact) mass is 382 g/mol. The summed E-state index contributed by atoms with van der Waals surface area (Å²) in [7, 11) is 0. The molecule has 0 aliphatic carbocycles. The van der Waals surface area contributed by atoms with Crippen molar-refractivity contribution in [1.29, 1.82) is 0 Å². The molecule has 1 aromatic heterocycles. The van der Waals surface area contributed by atoms with Gasteiger partial charge >= 0.3 is 0 Å². The van der Waals surface area contributed by atoms with E-state index in [1.54, 1.807) is 24.3 Å². The average Bonchev–Trinajstić information content (AvgIpc) is 2.71. The summed E-state index contributed by atoms with van der Waals surface area (Å²) in [6.07, 6.45) is 3.99. The molecule has 1 saturated heterocycles. The van der Waals surface area contributed by atoms with E-state index >= 15 is 0 Å². The van der Waals surface area contributed by atoms with Gasteiger partial charge in [-0.15, -0.1) is 0 Å². The molecule has 7 heteroatoms. The third-order valence-corrected chi connectivity index (χ3v) is 4.91. The first kappa shape index (κ1) is 20.0. The van der Waals surface area contributed by atoms with Gasteiger partial charge in [0.05, 0.1) is 17.4 Å². The second-order valence-electron chi connectivity index (χ2n) is 7.08. The molecule has 1 fully saturated rings. The van der Waals surface area contributed by atoms with Gasteiger partial charge in [0.15, 0.2) is 0 Å². The molecular weight excluding hydrogens is 356 g/mol. The molecule has 0 radical (unpaired) electrons. The van der Waals surface area contributed by atoms with Gasteiger partial charge in [-0.05, 0) is 56.6 Å². The normalized spacial score (nSPS) is 17.2. The van der Waals surface area contributed by atoms with Crippen molar-refractivity contribution in [2.45, 2.75) is 25.4 Å². The van der Waals surface area contributed by atoms with Crippen LogP contribution >= 0.6 is 0 Å². The standard InChI is InChI=1S/C21H26N4O3/c22-20(27)17-8-9-19(24-13-17)15-4-6-16(7-5-15)21(28)23-10-2-12-25-11-1-3-18(26)14-25/h4-9,13,18,26H,1-3,10-12,14H2,(H2,22,27)(H,23,28)/t18-/m1/s1. The number of primary amides is 1. The number of hydrogen-bond acceptors (Lipinski definition) is 5. The summed E-state index contributed by atoms with van der Waals surface area (Å²) in [6, 6.07) is 10.5. The van der Waals surface area contributed by atoms with Gasteiger partial charge < -0.3 is 21.1 Å². The van der Waals surface area contributed by atoms with E-state index in [-0.39, 0.29) is 12.0 Å². The summed E-state index contributed by atoms with van der Waals surface area (Å²) in [5, 5.41) is 12.6. The van der Waals surface area contributed by atoms with Crippen molar-refractivity contribution in [2.24, 2.45) is 5.73 Å². The molecule has 2 heterocycles. The lowest BCUT2D eigenvalue weighted by Gasteiger charge is -2.29. The van der Waals surface area contributed by atoms with E-state index in [0.717, 1.165) is 44.5 Å². The van der Waals surface area contributed by atoms with Crippen LogP contribution in [0.5, 0.6) is 0 Å². The molecule has 28 heavy (non-hydrogen) atoms. The number of hydrogen-bond donors (Lipinski definition) is 3. The number of nitrogens with one attached hydrogen (secondary N) is 1. The highest BCUT2D eigenvalue weighted by Crippen LogP contribution is 2.18. The number of aliphatic hydroxyl groups is 1. The topological polar surface area (TPSA) is 109 Å². The average molecular weight is 382 g/mol. The number of pyridine rings is 1. The predicted molar refractivity (Wildman–Crippen MR) is 107 cm³/mol. The van der Waals surface area contributed by atoms with Crippen LogP contribution in [0.3, 0.4) is 0 Å². The third kappa shape index (κ3) is 5.37. The molecule has 4 N–H and O–H groups in total. The molecule has 7 nitrogen and oxygen atoms in total. The van der Waals surface area contributed by atoms with E-state index in [1.165, 1.54) is 6.20 Å². The lowest BCUT2D eigenvalue weighted by molar-refractivity contribution is 0.0697. The van der Waals surface area contributed by atoms with Gasteiger partial charge in [0.2, 0.25) is 5.91 Å². The second kappa shape index (κ2) is 9.43. The largest absolute Gasteiger partial charge is 0.392 e. The number of benzene rings is 1. The fourth-order valence-electron chi connectivity index (χ4n) is 3.34. The number of rotatable bonds is 7. The summed E-state index contributed by atoms with van der Waals surface area (Å²) in [5.74, 6) is -0.621. The van der Waals surface area contributed by atoms with E-state index in [0.29, 0.717) is 23.4 Å². The molecule has 1 aliphatic heterocycles. The van der Waals surface area contributed by atoms with Crippen molar-refractivity contribution in [2.75, 3.05) is 26.2 Å². The minimum Gasteiger partial charge on any atom is -0.392 e. The Bertz CT molecular complexity index is 805. The highest BCUT2D eigenvalue weighted by molar-refractivity contribution is 5.94. The van der Waals surface area contributed by atoms with Gasteiger partial charge in [0, 0.05) is 30.4 Å². The number of aromatic nitrogens is 1. The van der Waals surface area contributed by atoms with E-state index in [9.17, 15) is 14.7 Å². The molecule has 0 spiro atoms. The van der Waals surface area contributed by atoms with E-state index < -0.39 is 5.91 Å². The van der Waals surface area contributed by atoms with Crippen LogP contribution in [-0.4, -0.2) is 59.1 Å². The fraction of sp³-hybridized carbons (Fsp3) is 0.381. The van der Waals surface area contributed by atoms with E-state index in [4.69, 9.17) is 5.73 Å². The molecule has 148 valence electrons. The van der Waals surface area contributed by atoms with Gasteiger partial charge in [-0.2, -0.15) is 0 Å². The van der Waals surface area contributed by atoms with Crippen molar-refractivity contribution < 1.29 is 14.7 Å². The minimum absolute atomic E-state index is 0.109. The van der Waals surface area contributed by atoms with Gasteiger partial charge in [-0.3, -0.25) is 14.6 Å². The first-order valence-electron chi connectivity index (χ1n) is 9.58. The zero-order valence-electron chi connectivity index (χ0n) is 15.8. The Labute approximate surface area is 164 Å². The van der Waals surface area contributed by atoms with Crippen molar-refractivity contribution in [3.63, 3.8) is 0 Å². The summed E-state index contributed by atoms with van der Waals surface area (Å²) in [5.41, 5.74) is 7.73. The summed E-state index contributed by atoms with van der Waals surface area (Å²) >= 11 is 0. The number of carbonyl (C=O) groups is 2. The number of amides is 2. The lowest BCUT2D eigenvalue weighted by Crippen LogP contribution is -2.39. The van der Waals surface area contributed by atoms with Crippen LogP contribution in [0, 0.1) is 0 Å². The Morgan fingerprint density at radius 1 is 1.18 bits per heavy atom. The fourth-order valence-corrected chi connectivity index (χ4v) is 3.34. The quantitative estimate of drug-likeness (QED) is 0.628. The van der Waals surface area contributed by atoms with Crippen LogP contribution in [0.1, 0.15) is 40.0 Å². The van der Waals surface area contributed by atoms with Crippen molar-refractivity contribution >= 4 is 11.8 Å². The highest BCUT2D eigenvalue weighted by atomic mass is 16.3. The van der Waals surface area contributed by atoms with Crippen molar-refractivity contribution in [1.82, 2.24) is 15.2 Å². The Hall–Kier alpha value is -2.77. The first-order valence-corrected chi connectivity index (χ1v) is 9.58. The van der Waals surface area contributed by atoms with Crippen LogP contribution in [-0.2, 0) is 0 Å². The molecule has 3 rings (SSSR count). The lowest BCUT2D eigenvalue weighted by atomic mass is 10.1. The highest BCUT2D eigenvalue weighted by Gasteiger charge is 2.16. The number of piperidine rings is 1. The Kier molecular flexibility index (Phi) is 6.73. The SMILES string of the molecule is NC(=O)c1ccc(-c2ccc(C(=O)NCCCN3CCC[C@@H](O)C3)cc2)nc1. The first-order chi connectivity index (χ1) is 13.5. The molecule has 0 unspecified atom stereocenters. The van der Waals surface area contributed by atoms with Gasteiger partial charge in [-0.1, -0.05) is 12.1 Å². The zero-order chi connectivity index (χ0) is 19.9. The van der Waals surface area contributed by atoms with Crippen LogP contribution in [0.4, 0.5) is 0 Å². The van der Waals surface area contributed by atoms with Gasteiger partial charge in [-0.25, -0.2) is 0 Å². The number of aliphatic hydroxyl groups excluding tert-OH is 1. The van der Waals surface area contributed by atoms with Crippen molar-refractivity contribution in [3.8, 4) is 11.3 Å². The molecule has 1 aromatic carbocycles. The van der Waals surface area contributed by atoms with Crippen LogP contribution < -0.4 is 11.1 Å². The molecule has 1 atom stereocenters. The number of likely N-dealkylation sites (tertiary alicyclic amines) is 1. The molecule has 0 saturated carbocycles. The molecular formula is C21H26N4O3. The van der Waals surface area contributed by atoms with Crippen molar-refractivity contribution in [3.05, 3.63) is 53.7 Å². The minimum atomic E-state index is -0.512. The Balaban J connectivity index is 1.47. The van der Waals surface area contributed by atoms with Crippen LogP contribution in [0.25, 0.3) is 11.3 Å². The number of carbonyl (C=O) groups excluding carboxylic acids is 2. The van der Waals surface area contributed by atoms with E-state index in [1.807, 2.05) is 12.1 Å². The Morgan fingerprint density at radius 3 is 2.57 bits per heavy atom. The number of nitrogens with two attached hydrogens (primary N) is 1. The summed E-state index contributed by atoms with van der Waals surface area (Å²) < 4.78 is 0. The van der Waals surface area contributed by atoms with E-state index in [2.05, 4.69) is 15.2 Å². The molecule has 0 bridgehead atoms. The van der Waals surface area contributed by atoms with Gasteiger partial charge in [0.25, 0.3) is 5.91 Å². The number of β-amino-alcohol motifs (C(OH)–C–C–N with tert-alkyl or cyclic N) is 1. The zero-order valence-corrected chi connectivity index (χ0v) is 15.8. The molecule has 2 aromatic rings. The van der Waals surface area contributed by atoms with Crippen LogP contribution in [0.15, 0.2) is 42.6 Å². The Morgan fingerprint density at radius 2 is 1.93 bits per heavy atom. The summed E-state index contributed by atoms with van der Waals surface area (Å²) in [4.78, 5) is 29.9. The molecule has 1 aliphatic rings. The predicted octanol–water partition coefficient (Wildman–Crippen LogP) is 1.42. The van der Waals surface area contributed by atoms with Gasteiger partial charge in [0.1, 0.15) is 0 Å². The maximum Gasteiger partial charge on any atom is 0.251 e.